The predicted octanol–water partition coefficient (Wildman–Crippen LogP) is 3.19. The second-order valence-electron chi connectivity index (χ2n) is 7.22. The summed E-state index contributed by atoms with van der Waals surface area (Å²) in [6.45, 7) is -0.724. The minimum atomic E-state index is -6.35. The van der Waals surface area contributed by atoms with Crippen LogP contribution in [0, 0.1) is 0 Å². The first kappa shape index (κ1) is 28.7. The molecule has 0 amide bonds. The average molecular weight is 584 g/mol. The molecule has 2 aromatic rings. The van der Waals surface area contributed by atoms with Crippen molar-refractivity contribution in [2.24, 2.45) is 0 Å². The third kappa shape index (κ3) is 5.24. The second-order valence-corrected chi connectivity index (χ2v) is 10.6. The third-order valence-electron chi connectivity index (χ3n) is 4.99. The maximum Gasteiger partial charge on any atom is 0.534 e. The molecule has 0 aliphatic carbocycles. The average Bonchev–Trinajstić information content (AvgIpc) is 2.87. The highest BCUT2D eigenvalue weighted by Gasteiger charge is 2.51. The van der Waals surface area contributed by atoms with E-state index in [9.17, 15) is 34.8 Å². The van der Waals surface area contributed by atoms with Crippen molar-refractivity contribution in [2.45, 2.75) is 16.9 Å². The van der Waals surface area contributed by atoms with Crippen LogP contribution in [0.3, 0.4) is 0 Å². The summed E-state index contributed by atoms with van der Waals surface area (Å²) >= 11 is 0. The van der Waals surface area contributed by atoms with Crippen LogP contribution in [-0.4, -0.2) is 61.2 Å². The van der Waals surface area contributed by atoms with Gasteiger partial charge in [0.25, 0.3) is 15.9 Å². The van der Waals surface area contributed by atoms with Crippen LogP contribution in [0.2, 0.25) is 0 Å². The lowest BCUT2D eigenvalue weighted by atomic mass is 10.1. The lowest BCUT2D eigenvalue weighted by Crippen LogP contribution is -2.38. The number of carbonyl (C=O) groups excluding carboxylic acids is 1. The molecule has 3 rings (SSSR count). The number of hydrogen-bond acceptors (Lipinski definition) is 11. The summed E-state index contributed by atoms with van der Waals surface area (Å²) in [6.07, 6.45) is -1.57. The number of fused-ring (bicyclic) bond motifs is 1. The fourth-order valence-corrected chi connectivity index (χ4v) is 5.40. The SMILES string of the molecule is COC(=O)OC1=C(OS(=O)(=O)C(F)(F)F)c2ccccc2S(=O)(=O)N1Cc1cc(OC)c(OC)c(OC)c1. The molecule has 0 fully saturated rings. The number of ether oxygens (including phenoxy) is 5. The van der Waals surface area contributed by atoms with E-state index < -0.39 is 60.5 Å². The summed E-state index contributed by atoms with van der Waals surface area (Å²) in [7, 11) is -6.30. The Labute approximate surface area is 215 Å². The number of methoxy groups -OCH3 is 4. The molecule has 0 N–H and O–H groups in total. The Kier molecular flexibility index (Phi) is 7.92. The van der Waals surface area contributed by atoms with E-state index in [0.29, 0.717) is 4.31 Å². The predicted molar refractivity (Wildman–Crippen MR) is 122 cm³/mol. The molecule has 0 saturated heterocycles. The highest BCUT2D eigenvalue weighted by molar-refractivity contribution is 7.89. The van der Waals surface area contributed by atoms with Crippen LogP contribution >= 0.6 is 0 Å². The smallest absolute Gasteiger partial charge is 0.493 e. The molecule has 0 aromatic heterocycles. The molecule has 208 valence electrons. The molecular formula is C21H20F3NO11S2. The molecule has 0 saturated carbocycles. The Balaban J connectivity index is 2.32. The lowest BCUT2D eigenvalue weighted by Gasteiger charge is -2.32. The molecule has 1 aliphatic heterocycles. The molecule has 0 bridgehead atoms. The molecule has 0 unspecified atom stereocenters. The summed E-state index contributed by atoms with van der Waals surface area (Å²) < 4.78 is 120. The molecule has 0 spiro atoms. The summed E-state index contributed by atoms with van der Waals surface area (Å²) in [5.74, 6) is -2.09. The number of nitrogens with zero attached hydrogens (tertiary/aromatic N) is 1. The first-order chi connectivity index (χ1) is 17.7. The van der Waals surface area contributed by atoms with Crippen LogP contribution in [0.25, 0.3) is 5.76 Å². The molecule has 12 nitrogen and oxygen atoms in total. The van der Waals surface area contributed by atoms with Gasteiger partial charge in [0.1, 0.15) is 0 Å². The van der Waals surface area contributed by atoms with Gasteiger partial charge >= 0.3 is 21.8 Å². The van der Waals surface area contributed by atoms with E-state index in [1.165, 1.54) is 45.6 Å². The van der Waals surface area contributed by atoms with Crippen LogP contribution < -0.4 is 14.2 Å². The van der Waals surface area contributed by atoms with Crippen molar-refractivity contribution in [3.8, 4) is 17.2 Å². The van der Waals surface area contributed by atoms with Crippen LogP contribution in [0.4, 0.5) is 18.0 Å². The number of halogens is 3. The Bertz CT molecular complexity index is 1460. The van der Waals surface area contributed by atoms with Gasteiger partial charge in [-0.2, -0.15) is 21.6 Å². The molecule has 0 atom stereocenters. The normalized spacial score (nSPS) is 14.9. The largest absolute Gasteiger partial charge is 0.534 e. The molecule has 2 aromatic carbocycles. The first-order valence-corrected chi connectivity index (χ1v) is 13.0. The van der Waals surface area contributed by atoms with E-state index in [0.717, 1.165) is 19.2 Å². The van der Waals surface area contributed by atoms with Gasteiger partial charge in [-0.25, -0.2) is 17.5 Å². The van der Waals surface area contributed by atoms with Gasteiger partial charge in [-0.1, -0.05) is 12.1 Å². The van der Waals surface area contributed by atoms with Gasteiger partial charge in [0.15, 0.2) is 11.5 Å². The van der Waals surface area contributed by atoms with E-state index in [4.69, 9.17) is 18.9 Å². The van der Waals surface area contributed by atoms with Crippen molar-refractivity contribution in [1.82, 2.24) is 4.31 Å². The van der Waals surface area contributed by atoms with Crippen LogP contribution in [-0.2, 0) is 40.3 Å². The topological polar surface area (TPSA) is 144 Å². The van der Waals surface area contributed by atoms with Gasteiger partial charge < -0.3 is 27.9 Å². The zero-order chi connectivity index (χ0) is 28.5. The first-order valence-electron chi connectivity index (χ1n) is 10.1. The standard InChI is InChI=1S/C21H20F3NO11S2/c1-31-14-9-12(10-15(32-2)18(14)33-3)11-25-19(35-20(26)34-4)17(36-38(29,30)21(22,23)24)13-7-5-6-8-16(13)37(25,27)28/h5-10H,11H2,1-4H3. The highest BCUT2D eigenvalue weighted by Crippen LogP contribution is 2.43. The van der Waals surface area contributed by atoms with E-state index in [2.05, 4.69) is 8.92 Å². The van der Waals surface area contributed by atoms with Gasteiger partial charge in [-0.3, -0.25) is 0 Å². The molecule has 1 heterocycles. The molecule has 17 heteroatoms. The number of carbonyl (C=O) groups is 1. The number of alkyl halides is 3. The number of sulfonamides is 1. The van der Waals surface area contributed by atoms with Crippen LogP contribution in [0.5, 0.6) is 17.2 Å². The Morgan fingerprint density at radius 1 is 0.974 bits per heavy atom. The fourth-order valence-electron chi connectivity index (χ4n) is 3.34. The maximum absolute atomic E-state index is 13.6. The molecular weight excluding hydrogens is 563 g/mol. The molecule has 1 aliphatic rings. The van der Waals surface area contributed by atoms with Gasteiger partial charge in [0.05, 0.1) is 39.9 Å². The van der Waals surface area contributed by atoms with E-state index in [1.807, 2.05) is 0 Å². The van der Waals surface area contributed by atoms with E-state index in [-0.39, 0.29) is 22.8 Å². The van der Waals surface area contributed by atoms with Crippen LogP contribution in [0.1, 0.15) is 11.1 Å². The van der Waals surface area contributed by atoms with Crippen molar-refractivity contribution >= 4 is 32.1 Å². The van der Waals surface area contributed by atoms with Gasteiger partial charge in [0.2, 0.25) is 11.5 Å². The van der Waals surface area contributed by atoms with Crippen LogP contribution in [0.15, 0.2) is 47.2 Å². The van der Waals surface area contributed by atoms with Crippen molar-refractivity contribution < 1.29 is 62.7 Å². The minimum Gasteiger partial charge on any atom is -0.493 e. The van der Waals surface area contributed by atoms with Gasteiger partial charge in [-0.05, 0) is 29.8 Å². The number of benzene rings is 2. The van der Waals surface area contributed by atoms with Crippen molar-refractivity contribution in [1.29, 1.82) is 0 Å². The quantitative estimate of drug-likeness (QED) is 0.257. The Hall–Kier alpha value is -3.86. The molecule has 0 radical (unpaired) electrons. The third-order valence-corrected chi connectivity index (χ3v) is 7.73. The summed E-state index contributed by atoms with van der Waals surface area (Å²) in [4.78, 5) is 11.4. The molecule has 38 heavy (non-hydrogen) atoms. The Morgan fingerprint density at radius 2 is 1.55 bits per heavy atom. The monoisotopic (exact) mass is 583 g/mol. The lowest BCUT2D eigenvalue weighted by molar-refractivity contribution is -0.0511. The fraction of sp³-hybridized carbons (Fsp3) is 0.286. The zero-order valence-electron chi connectivity index (χ0n) is 20.1. The minimum absolute atomic E-state index is 0.0900. The number of hydrogen-bond donors (Lipinski definition) is 0. The van der Waals surface area contributed by atoms with E-state index in [1.54, 1.807) is 0 Å². The van der Waals surface area contributed by atoms with Crippen molar-refractivity contribution in [2.75, 3.05) is 28.4 Å². The number of rotatable bonds is 8. The summed E-state index contributed by atoms with van der Waals surface area (Å²) in [5.41, 5.74) is -6.41. The summed E-state index contributed by atoms with van der Waals surface area (Å²) in [5, 5.41) is 0. The summed E-state index contributed by atoms with van der Waals surface area (Å²) in [6, 6.07) is 7.08. The van der Waals surface area contributed by atoms with Gasteiger partial charge in [0, 0.05) is 5.56 Å². The highest BCUT2D eigenvalue weighted by atomic mass is 32.2. The van der Waals surface area contributed by atoms with E-state index >= 15 is 0 Å². The maximum atomic E-state index is 13.6. The van der Waals surface area contributed by atoms with Crippen molar-refractivity contribution in [3.63, 3.8) is 0 Å². The Morgan fingerprint density at radius 3 is 2.05 bits per heavy atom. The van der Waals surface area contributed by atoms with Gasteiger partial charge in [-0.15, -0.1) is 0 Å². The zero-order valence-corrected chi connectivity index (χ0v) is 21.7. The second kappa shape index (κ2) is 10.5. The van der Waals surface area contributed by atoms with Crippen molar-refractivity contribution in [3.05, 3.63) is 53.4 Å².